The number of carbonyl (C=O) groups excluding carboxylic acids is 1. The first kappa shape index (κ1) is 12.5. The molecule has 0 spiro atoms. The summed E-state index contributed by atoms with van der Waals surface area (Å²) in [6, 6.07) is 4.34. The zero-order valence-corrected chi connectivity index (χ0v) is 10.9. The highest BCUT2D eigenvalue weighted by Crippen LogP contribution is 2.34. The molecule has 0 unspecified atom stereocenters. The van der Waals surface area contributed by atoms with Gasteiger partial charge in [-0.1, -0.05) is 0 Å². The Balaban J connectivity index is 1.74. The zero-order valence-electron chi connectivity index (χ0n) is 10.9. The molecule has 2 N–H and O–H groups in total. The lowest BCUT2D eigenvalue weighted by Crippen LogP contribution is -2.34. The topological polar surface area (TPSA) is 46.3 Å². The number of halogens is 1. The van der Waals surface area contributed by atoms with Crippen LogP contribution >= 0.6 is 0 Å². The first-order chi connectivity index (χ1) is 9.13. The molecule has 0 aromatic heterocycles. The van der Waals surface area contributed by atoms with E-state index < -0.39 is 5.82 Å². The maximum Gasteiger partial charge on any atom is 0.253 e. The highest BCUT2D eigenvalue weighted by Gasteiger charge is 2.31. The fourth-order valence-corrected chi connectivity index (χ4v) is 2.31. The van der Waals surface area contributed by atoms with Gasteiger partial charge in [-0.15, -0.1) is 0 Å². The Kier molecular flexibility index (Phi) is 3.17. The van der Waals surface area contributed by atoms with Crippen molar-refractivity contribution in [2.24, 2.45) is 11.8 Å². The standard InChI is InChI=1S/C15H19FN2O/c16-13-7-12(5-6-14(13)17)15(19)18(8-10-1-2-10)9-11-3-4-11/h5-7,10-11H,1-4,8-9,17H2. The molecule has 0 bridgehead atoms. The minimum Gasteiger partial charge on any atom is -0.396 e. The van der Waals surface area contributed by atoms with E-state index in [1.54, 1.807) is 6.07 Å². The van der Waals surface area contributed by atoms with Gasteiger partial charge in [0, 0.05) is 18.7 Å². The summed E-state index contributed by atoms with van der Waals surface area (Å²) in [6.45, 7) is 1.64. The number of nitrogens with two attached hydrogens (primary N) is 1. The summed E-state index contributed by atoms with van der Waals surface area (Å²) in [7, 11) is 0. The summed E-state index contributed by atoms with van der Waals surface area (Å²) >= 11 is 0. The minimum absolute atomic E-state index is 0.0577. The van der Waals surface area contributed by atoms with Gasteiger partial charge in [-0.2, -0.15) is 0 Å². The van der Waals surface area contributed by atoms with Crippen LogP contribution in [0, 0.1) is 17.7 Å². The molecule has 1 amide bonds. The maximum absolute atomic E-state index is 13.5. The molecule has 1 aromatic rings. The fraction of sp³-hybridized carbons (Fsp3) is 0.533. The quantitative estimate of drug-likeness (QED) is 0.829. The molecule has 102 valence electrons. The molecule has 3 nitrogen and oxygen atoms in total. The smallest absolute Gasteiger partial charge is 0.253 e. The van der Waals surface area contributed by atoms with Crippen LogP contribution in [0.5, 0.6) is 0 Å². The van der Waals surface area contributed by atoms with E-state index in [0.717, 1.165) is 13.1 Å². The normalized spacial score (nSPS) is 18.4. The van der Waals surface area contributed by atoms with Crippen molar-refractivity contribution in [2.75, 3.05) is 18.8 Å². The van der Waals surface area contributed by atoms with Crippen molar-refractivity contribution < 1.29 is 9.18 Å². The van der Waals surface area contributed by atoms with Crippen LogP contribution in [0.3, 0.4) is 0 Å². The molecule has 2 aliphatic rings. The molecular formula is C15H19FN2O. The van der Waals surface area contributed by atoms with Crippen LogP contribution in [0.25, 0.3) is 0 Å². The van der Waals surface area contributed by atoms with E-state index >= 15 is 0 Å². The number of benzene rings is 1. The fourth-order valence-electron chi connectivity index (χ4n) is 2.31. The number of nitrogens with zero attached hydrogens (tertiary/aromatic N) is 1. The van der Waals surface area contributed by atoms with E-state index in [2.05, 4.69) is 0 Å². The Morgan fingerprint density at radius 2 is 1.79 bits per heavy atom. The van der Waals surface area contributed by atoms with E-state index in [1.165, 1.54) is 37.8 Å². The summed E-state index contributed by atoms with van der Waals surface area (Å²) in [4.78, 5) is 14.4. The van der Waals surface area contributed by atoms with Gasteiger partial charge >= 0.3 is 0 Å². The molecule has 0 atom stereocenters. The molecule has 0 heterocycles. The average Bonchev–Trinajstić information content (AvgIpc) is 3.26. The van der Waals surface area contributed by atoms with Crippen LogP contribution in [-0.2, 0) is 0 Å². The van der Waals surface area contributed by atoms with E-state index in [0.29, 0.717) is 17.4 Å². The molecule has 4 heteroatoms. The number of rotatable bonds is 5. The third-order valence-electron chi connectivity index (χ3n) is 3.89. The van der Waals surface area contributed by atoms with Crippen molar-refractivity contribution in [1.82, 2.24) is 4.90 Å². The number of carbonyl (C=O) groups is 1. The molecule has 2 saturated carbocycles. The van der Waals surface area contributed by atoms with Crippen molar-refractivity contribution in [3.05, 3.63) is 29.6 Å². The Morgan fingerprint density at radius 1 is 1.21 bits per heavy atom. The number of anilines is 1. The van der Waals surface area contributed by atoms with Gasteiger partial charge in [0.15, 0.2) is 0 Å². The van der Waals surface area contributed by atoms with Crippen LogP contribution in [0.2, 0.25) is 0 Å². The van der Waals surface area contributed by atoms with Crippen LogP contribution in [-0.4, -0.2) is 23.9 Å². The Bertz CT molecular complexity index is 481. The number of nitrogen functional groups attached to an aromatic ring is 1. The number of amides is 1. The summed E-state index contributed by atoms with van der Waals surface area (Å²) in [5, 5.41) is 0. The molecule has 0 radical (unpaired) electrons. The lowest BCUT2D eigenvalue weighted by Gasteiger charge is -2.22. The van der Waals surface area contributed by atoms with Gasteiger partial charge in [-0.3, -0.25) is 4.79 Å². The van der Waals surface area contributed by atoms with Gasteiger partial charge in [0.2, 0.25) is 0 Å². The molecule has 2 fully saturated rings. The molecule has 3 rings (SSSR count). The van der Waals surface area contributed by atoms with Gasteiger partial charge in [0.05, 0.1) is 5.69 Å². The second-order valence-corrected chi connectivity index (χ2v) is 5.83. The van der Waals surface area contributed by atoms with Crippen molar-refractivity contribution in [2.45, 2.75) is 25.7 Å². The van der Waals surface area contributed by atoms with Gasteiger partial charge in [0.1, 0.15) is 5.82 Å². The predicted molar refractivity (Wildman–Crippen MR) is 72.2 cm³/mol. The monoisotopic (exact) mass is 262 g/mol. The zero-order chi connectivity index (χ0) is 13.4. The summed E-state index contributed by atoms with van der Waals surface area (Å²) in [5.41, 5.74) is 5.95. The third kappa shape index (κ3) is 3.06. The first-order valence-electron chi connectivity index (χ1n) is 6.98. The molecule has 0 saturated heterocycles. The van der Waals surface area contributed by atoms with Gasteiger partial charge in [-0.05, 0) is 55.7 Å². The summed E-state index contributed by atoms with van der Waals surface area (Å²) in [6.07, 6.45) is 4.85. The van der Waals surface area contributed by atoms with Gasteiger partial charge < -0.3 is 10.6 Å². The molecule has 19 heavy (non-hydrogen) atoms. The Labute approximate surface area is 112 Å². The Hall–Kier alpha value is -1.58. The van der Waals surface area contributed by atoms with E-state index in [1.807, 2.05) is 4.90 Å². The highest BCUT2D eigenvalue weighted by atomic mass is 19.1. The SMILES string of the molecule is Nc1ccc(C(=O)N(CC2CC2)CC2CC2)cc1F. The minimum atomic E-state index is -0.511. The van der Waals surface area contributed by atoms with E-state index in [4.69, 9.17) is 5.73 Å². The van der Waals surface area contributed by atoms with E-state index in [-0.39, 0.29) is 11.6 Å². The Morgan fingerprint density at radius 3 is 2.26 bits per heavy atom. The predicted octanol–water partition coefficient (Wildman–Crippen LogP) is 2.67. The molecule has 1 aromatic carbocycles. The number of hydrogen-bond donors (Lipinski definition) is 1. The molecule has 2 aliphatic carbocycles. The molecule has 0 aliphatic heterocycles. The highest BCUT2D eigenvalue weighted by molar-refractivity contribution is 5.94. The van der Waals surface area contributed by atoms with Crippen molar-refractivity contribution in [3.63, 3.8) is 0 Å². The number of hydrogen-bond acceptors (Lipinski definition) is 2. The second kappa shape index (κ2) is 4.83. The molecular weight excluding hydrogens is 243 g/mol. The van der Waals surface area contributed by atoms with Crippen LogP contribution in [0.1, 0.15) is 36.0 Å². The van der Waals surface area contributed by atoms with Gasteiger partial charge in [0.25, 0.3) is 5.91 Å². The summed E-state index contributed by atoms with van der Waals surface area (Å²) < 4.78 is 13.5. The van der Waals surface area contributed by atoms with Crippen LogP contribution in [0.4, 0.5) is 10.1 Å². The summed E-state index contributed by atoms with van der Waals surface area (Å²) in [5.74, 6) is 0.740. The van der Waals surface area contributed by atoms with Crippen molar-refractivity contribution in [1.29, 1.82) is 0 Å². The van der Waals surface area contributed by atoms with Gasteiger partial charge in [-0.25, -0.2) is 4.39 Å². The largest absolute Gasteiger partial charge is 0.396 e. The first-order valence-corrected chi connectivity index (χ1v) is 6.98. The van der Waals surface area contributed by atoms with Crippen LogP contribution in [0.15, 0.2) is 18.2 Å². The maximum atomic E-state index is 13.5. The lowest BCUT2D eigenvalue weighted by molar-refractivity contribution is 0.0739. The van der Waals surface area contributed by atoms with Crippen LogP contribution < -0.4 is 5.73 Å². The van der Waals surface area contributed by atoms with Crippen molar-refractivity contribution >= 4 is 11.6 Å². The average molecular weight is 262 g/mol. The van der Waals surface area contributed by atoms with Crippen molar-refractivity contribution in [3.8, 4) is 0 Å². The third-order valence-corrected chi connectivity index (χ3v) is 3.89. The van der Waals surface area contributed by atoms with E-state index in [9.17, 15) is 9.18 Å². The second-order valence-electron chi connectivity index (χ2n) is 5.83. The lowest BCUT2D eigenvalue weighted by atomic mass is 10.1.